The Kier molecular flexibility index (Phi) is 2.72. The average molecular weight is 295 g/mol. The number of hydrogen-bond donors (Lipinski definition) is 0. The SMILES string of the molecule is CC1(C)OB(c2nc3cc4ccccc4cc3o2)OC1(C)C. The van der Waals surface area contributed by atoms with Crippen molar-refractivity contribution in [3.63, 3.8) is 0 Å². The maximum Gasteiger partial charge on any atom is 0.554 e. The molecule has 0 N–H and O–H groups in total. The van der Waals surface area contributed by atoms with Gasteiger partial charge in [0.15, 0.2) is 5.58 Å². The summed E-state index contributed by atoms with van der Waals surface area (Å²) in [6, 6.07) is 12.2. The summed E-state index contributed by atoms with van der Waals surface area (Å²) in [5, 5.41) is 2.27. The van der Waals surface area contributed by atoms with Crippen molar-refractivity contribution in [2.75, 3.05) is 0 Å². The van der Waals surface area contributed by atoms with Crippen LogP contribution >= 0.6 is 0 Å². The molecule has 0 atom stereocenters. The van der Waals surface area contributed by atoms with Crippen molar-refractivity contribution < 1.29 is 13.7 Å². The summed E-state index contributed by atoms with van der Waals surface area (Å²) in [5.41, 5.74) is 0.776. The largest absolute Gasteiger partial charge is 0.554 e. The van der Waals surface area contributed by atoms with E-state index in [-0.39, 0.29) is 0 Å². The summed E-state index contributed by atoms with van der Waals surface area (Å²) in [4.78, 5) is 4.56. The molecule has 0 saturated carbocycles. The predicted octanol–water partition coefficient (Wildman–Crippen LogP) is 3.28. The van der Waals surface area contributed by atoms with Crippen molar-refractivity contribution in [1.29, 1.82) is 0 Å². The molecule has 4 nitrogen and oxygen atoms in total. The first-order chi connectivity index (χ1) is 10.4. The Labute approximate surface area is 129 Å². The standard InChI is InChI=1S/C17H18BNO3/c1-16(2)17(3,4)22-18(21-16)15-19-13-9-11-7-5-6-8-12(11)10-14(13)20-15/h5-10H,1-4H3. The normalized spacial score (nSPS) is 20.1. The molecule has 0 amide bonds. The van der Waals surface area contributed by atoms with Crippen LogP contribution in [-0.4, -0.2) is 23.3 Å². The zero-order chi connectivity index (χ0) is 15.5. The molecular formula is C17H18BNO3. The zero-order valence-electron chi connectivity index (χ0n) is 13.2. The van der Waals surface area contributed by atoms with E-state index in [4.69, 9.17) is 13.7 Å². The molecule has 5 heteroatoms. The summed E-state index contributed by atoms with van der Waals surface area (Å²) >= 11 is 0. The van der Waals surface area contributed by atoms with E-state index in [0.29, 0.717) is 5.79 Å². The fourth-order valence-corrected chi connectivity index (χ4v) is 2.68. The first-order valence-corrected chi connectivity index (χ1v) is 7.51. The minimum Gasteiger partial charge on any atom is -0.444 e. The van der Waals surface area contributed by atoms with E-state index >= 15 is 0 Å². The van der Waals surface area contributed by atoms with Gasteiger partial charge in [0.25, 0.3) is 0 Å². The lowest BCUT2D eigenvalue weighted by Crippen LogP contribution is -2.41. The van der Waals surface area contributed by atoms with Crippen molar-refractivity contribution >= 4 is 34.8 Å². The third-order valence-electron chi connectivity index (χ3n) is 4.73. The van der Waals surface area contributed by atoms with Crippen LogP contribution < -0.4 is 5.79 Å². The van der Waals surface area contributed by atoms with Crippen molar-refractivity contribution in [3.05, 3.63) is 36.4 Å². The van der Waals surface area contributed by atoms with E-state index in [9.17, 15) is 0 Å². The van der Waals surface area contributed by atoms with Crippen molar-refractivity contribution in [1.82, 2.24) is 4.98 Å². The van der Waals surface area contributed by atoms with Gasteiger partial charge in [-0.1, -0.05) is 24.3 Å². The quantitative estimate of drug-likeness (QED) is 0.646. The van der Waals surface area contributed by atoms with Crippen molar-refractivity contribution in [3.8, 4) is 0 Å². The lowest BCUT2D eigenvalue weighted by molar-refractivity contribution is 0.00578. The molecule has 0 radical (unpaired) electrons. The first kappa shape index (κ1) is 13.8. The second-order valence-corrected chi connectivity index (χ2v) is 6.81. The number of aromatic nitrogens is 1. The summed E-state index contributed by atoms with van der Waals surface area (Å²) in [5.74, 6) is 0.476. The highest BCUT2D eigenvalue weighted by Crippen LogP contribution is 2.36. The molecule has 1 aliphatic heterocycles. The van der Waals surface area contributed by atoms with Gasteiger partial charge in [-0.05, 0) is 50.6 Å². The molecule has 1 aromatic heterocycles. The highest BCUT2D eigenvalue weighted by molar-refractivity contribution is 6.60. The molecule has 1 aliphatic rings. The lowest BCUT2D eigenvalue weighted by Gasteiger charge is -2.32. The molecule has 22 heavy (non-hydrogen) atoms. The summed E-state index contributed by atoms with van der Waals surface area (Å²) in [6.45, 7) is 8.07. The number of hydrogen-bond acceptors (Lipinski definition) is 4. The van der Waals surface area contributed by atoms with Crippen LogP contribution in [0.5, 0.6) is 0 Å². The van der Waals surface area contributed by atoms with E-state index in [1.807, 2.05) is 52.0 Å². The average Bonchev–Trinajstić information content (AvgIpc) is 2.94. The van der Waals surface area contributed by atoms with E-state index in [1.165, 1.54) is 0 Å². The summed E-state index contributed by atoms with van der Waals surface area (Å²) < 4.78 is 17.9. The van der Waals surface area contributed by atoms with Crippen LogP contribution in [0.2, 0.25) is 0 Å². The molecule has 112 valence electrons. The Balaban J connectivity index is 1.79. The van der Waals surface area contributed by atoms with Crippen LogP contribution in [0.25, 0.3) is 21.9 Å². The van der Waals surface area contributed by atoms with Gasteiger partial charge in [0.1, 0.15) is 5.52 Å². The van der Waals surface area contributed by atoms with Gasteiger partial charge in [0.2, 0.25) is 5.79 Å². The third-order valence-corrected chi connectivity index (χ3v) is 4.73. The second kappa shape index (κ2) is 4.34. The van der Waals surface area contributed by atoms with Gasteiger partial charge in [0.05, 0.1) is 11.2 Å². The summed E-state index contributed by atoms with van der Waals surface area (Å²) in [6.07, 6.45) is 0. The Morgan fingerprint density at radius 2 is 1.50 bits per heavy atom. The molecule has 0 aliphatic carbocycles. The van der Waals surface area contributed by atoms with E-state index < -0.39 is 18.3 Å². The molecule has 3 aromatic rings. The minimum absolute atomic E-state index is 0.400. The Hall–Kier alpha value is -1.85. The molecule has 0 spiro atoms. The minimum atomic E-state index is -0.569. The number of nitrogens with zero attached hydrogens (tertiary/aromatic N) is 1. The second-order valence-electron chi connectivity index (χ2n) is 6.81. The van der Waals surface area contributed by atoms with Crippen LogP contribution in [0.3, 0.4) is 0 Å². The smallest absolute Gasteiger partial charge is 0.444 e. The van der Waals surface area contributed by atoms with Gasteiger partial charge in [0, 0.05) is 0 Å². The number of fused-ring (bicyclic) bond motifs is 2. The van der Waals surface area contributed by atoms with E-state index in [1.54, 1.807) is 0 Å². The molecule has 2 heterocycles. The predicted molar refractivity (Wildman–Crippen MR) is 87.2 cm³/mol. The fourth-order valence-electron chi connectivity index (χ4n) is 2.68. The van der Waals surface area contributed by atoms with Gasteiger partial charge < -0.3 is 13.7 Å². The number of rotatable bonds is 1. The highest BCUT2D eigenvalue weighted by Gasteiger charge is 2.53. The highest BCUT2D eigenvalue weighted by atomic mass is 16.7. The first-order valence-electron chi connectivity index (χ1n) is 7.51. The van der Waals surface area contributed by atoms with Crippen molar-refractivity contribution in [2.24, 2.45) is 0 Å². The molecular weight excluding hydrogens is 277 g/mol. The maximum atomic E-state index is 6.00. The Morgan fingerprint density at radius 1 is 0.909 bits per heavy atom. The van der Waals surface area contributed by atoms with Gasteiger partial charge >= 0.3 is 7.12 Å². The Bertz CT molecular complexity index is 800. The summed E-state index contributed by atoms with van der Waals surface area (Å²) in [7, 11) is -0.569. The number of benzene rings is 2. The fraction of sp³-hybridized carbons (Fsp3) is 0.353. The van der Waals surface area contributed by atoms with E-state index in [0.717, 1.165) is 21.9 Å². The zero-order valence-corrected chi connectivity index (χ0v) is 13.2. The van der Waals surface area contributed by atoms with Crippen LogP contribution in [0.15, 0.2) is 40.8 Å². The maximum absolute atomic E-state index is 6.00. The third kappa shape index (κ3) is 1.96. The molecule has 0 unspecified atom stereocenters. The van der Waals surface area contributed by atoms with Crippen LogP contribution in [-0.2, 0) is 9.31 Å². The molecule has 4 rings (SSSR count). The van der Waals surface area contributed by atoms with Crippen molar-refractivity contribution in [2.45, 2.75) is 38.9 Å². The molecule has 1 saturated heterocycles. The van der Waals surface area contributed by atoms with E-state index in [2.05, 4.69) is 17.1 Å². The molecule has 0 bridgehead atoms. The van der Waals surface area contributed by atoms with Gasteiger partial charge in [-0.25, -0.2) is 4.98 Å². The Morgan fingerprint density at radius 3 is 2.14 bits per heavy atom. The molecule has 1 fully saturated rings. The number of oxazole rings is 1. The van der Waals surface area contributed by atoms with Crippen LogP contribution in [0.1, 0.15) is 27.7 Å². The molecule has 2 aromatic carbocycles. The van der Waals surface area contributed by atoms with Crippen LogP contribution in [0, 0.1) is 0 Å². The van der Waals surface area contributed by atoms with Gasteiger partial charge in [-0.2, -0.15) is 0 Å². The topological polar surface area (TPSA) is 44.5 Å². The monoisotopic (exact) mass is 295 g/mol. The van der Waals surface area contributed by atoms with Gasteiger partial charge in [-0.3, -0.25) is 0 Å². The lowest BCUT2D eigenvalue weighted by atomic mass is 9.90. The van der Waals surface area contributed by atoms with Gasteiger partial charge in [-0.15, -0.1) is 0 Å². The van der Waals surface area contributed by atoms with Crippen LogP contribution in [0.4, 0.5) is 0 Å².